The fraction of sp³-hybridized carbons (Fsp3) is 0.391. The van der Waals surface area contributed by atoms with Gasteiger partial charge in [0, 0.05) is 5.56 Å². The highest BCUT2D eigenvalue weighted by atomic mass is 19.2. The van der Waals surface area contributed by atoms with E-state index in [0.29, 0.717) is 29.4 Å². The lowest BCUT2D eigenvalue weighted by atomic mass is 9.78. The number of hydrogen-bond donors (Lipinski definition) is 0. The van der Waals surface area contributed by atoms with E-state index >= 15 is 0 Å². The van der Waals surface area contributed by atoms with Gasteiger partial charge in [-0.25, -0.2) is 13.2 Å². The largest absolute Gasteiger partial charge is 0.207 e. The van der Waals surface area contributed by atoms with Crippen molar-refractivity contribution < 1.29 is 13.2 Å². The zero-order valence-electron chi connectivity index (χ0n) is 15.4. The Morgan fingerprint density at radius 1 is 0.962 bits per heavy atom. The van der Waals surface area contributed by atoms with E-state index in [1.165, 1.54) is 0 Å². The summed E-state index contributed by atoms with van der Waals surface area (Å²) in [7, 11) is 0. The minimum absolute atomic E-state index is 0.108. The smallest absolute Gasteiger partial charge is 0.166 e. The van der Waals surface area contributed by atoms with E-state index in [0.717, 1.165) is 36.8 Å². The van der Waals surface area contributed by atoms with Crippen molar-refractivity contribution in [3.8, 4) is 0 Å². The van der Waals surface area contributed by atoms with Gasteiger partial charge >= 0.3 is 0 Å². The third-order valence-corrected chi connectivity index (χ3v) is 5.55. The topological polar surface area (TPSA) is 0 Å². The first-order valence-corrected chi connectivity index (χ1v) is 9.40. The first kappa shape index (κ1) is 18.8. The van der Waals surface area contributed by atoms with Gasteiger partial charge in [0.25, 0.3) is 0 Å². The van der Waals surface area contributed by atoms with Gasteiger partial charge in [-0.05, 0) is 73.6 Å². The standard InChI is InChI=1S/C23H25F3/c1-3-17-12-13-20(14-21(17)24)18-9-5-16(6-10-18)7-11-19-8-4-15(2)22(25)23(19)26/h4,7-8,11-14,16,18H,3,5-6,9-10H2,1-2H3/b11-7+. The average molecular weight is 358 g/mol. The summed E-state index contributed by atoms with van der Waals surface area (Å²) in [5, 5.41) is 0. The van der Waals surface area contributed by atoms with Crippen molar-refractivity contribution in [2.75, 3.05) is 0 Å². The van der Waals surface area contributed by atoms with Crippen LogP contribution in [0.5, 0.6) is 0 Å². The van der Waals surface area contributed by atoms with E-state index in [-0.39, 0.29) is 5.82 Å². The van der Waals surface area contributed by atoms with E-state index < -0.39 is 11.6 Å². The van der Waals surface area contributed by atoms with Gasteiger partial charge in [-0.2, -0.15) is 0 Å². The van der Waals surface area contributed by atoms with Crippen LogP contribution in [0.2, 0.25) is 0 Å². The molecular formula is C23H25F3. The maximum absolute atomic E-state index is 14.0. The second-order valence-electron chi connectivity index (χ2n) is 7.27. The Hall–Kier alpha value is -2.03. The summed E-state index contributed by atoms with van der Waals surface area (Å²) in [5.74, 6) is -0.915. The van der Waals surface area contributed by atoms with Gasteiger partial charge in [0.1, 0.15) is 5.82 Å². The van der Waals surface area contributed by atoms with Gasteiger partial charge < -0.3 is 0 Å². The molecular weight excluding hydrogens is 333 g/mol. The van der Waals surface area contributed by atoms with Gasteiger partial charge in [0.15, 0.2) is 11.6 Å². The minimum atomic E-state index is -0.776. The molecule has 26 heavy (non-hydrogen) atoms. The molecule has 0 aromatic heterocycles. The molecule has 2 aromatic rings. The summed E-state index contributed by atoms with van der Waals surface area (Å²) in [6.45, 7) is 3.52. The van der Waals surface area contributed by atoms with E-state index in [1.54, 1.807) is 31.2 Å². The predicted octanol–water partition coefficient (Wildman–Crippen LogP) is 6.96. The second-order valence-corrected chi connectivity index (χ2v) is 7.27. The van der Waals surface area contributed by atoms with Crippen LogP contribution in [0, 0.1) is 30.3 Å². The Balaban J connectivity index is 1.62. The molecule has 0 N–H and O–H groups in total. The molecule has 0 atom stereocenters. The number of rotatable bonds is 4. The maximum atomic E-state index is 14.0. The maximum Gasteiger partial charge on any atom is 0.166 e. The first-order chi connectivity index (χ1) is 12.5. The fourth-order valence-electron chi connectivity index (χ4n) is 3.78. The van der Waals surface area contributed by atoms with Gasteiger partial charge in [-0.1, -0.05) is 43.3 Å². The van der Waals surface area contributed by atoms with Crippen LogP contribution in [0.3, 0.4) is 0 Å². The molecule has 1 aliphatic rings. The molecule has 0 heterocycles. The fourth-order valence-corrected chi connectivity index (χ4v) is 3.78. The lowest BCUT2D eigenvalue weighted by Gasteiger charge is -2.27. The van der Waals surface area contributed by atoms with Crippen LogP contribution in [0.4, 0.5) is 13.2 Å². The van der Waals surface area contributed by atoms with Gasteiger partial charge in [-0.3, -0.25) is 0 Å². The van der Waals surface area contributed by atoms with Crippen molar-refractivity contribution in [1.29, 1.82) is 0 Å². The molecule has 0 bridgehead atoms. The molecule has 3 heteroatoms. The third-order valence-electron chi connectivity index (χ3n) is 5.55. The number of benzene rings is 2. The highest BCUT2D eigenvalue weighted by molar-refractivity contribution is 5.51. The summed E-state index contributed by atoms with van der Waals surface area (Å²) in [6, 6.07) is 8.85. The SMILES string of the molecule is CCc1ccc(C2CCC(/C=C/c3ccc(C)c(F)c3F)CC2)cc1F. The molecule has 0 aliphatic heterocycles. The first-order valence-electron chi connectivity index (χ1n) is 9.40. The third kappa shape index (κ3) is 4.03. The molecule has 0 spiro atoms. The van der Waals surface area contributed by atoms with Gasteiger partial charge in [-0.15, -0.1) is 0 Å². The summed E-state index contributed by atoms with van der Waals surface area (Å²) in [4.78, 5) is 0. The molecule has 0 unspecified atom stereocenters. The van der Waals surface area contributed by atoms with Crippen molar-refractivity contribution >= 4 is 6.08 Å². The van der Waals surface area contributed by atoms with Crippen molar-refractivity contribution in [1.82, 2.24) is 0 Å². The molecule has 0 amide bonds. The zero-order chi connectivity index (χ0) is 18.7. The lowest BCUT2D eigenvalue weighted by Crippen LogP contribution is -2.12. The van der Waals surface area contributed by atoms with Crippen LogP contribution in [-0.4, -0.2) is 0 Å². The normalized spacial score (nSPS) is 20.7. The molecule has 138 valence electrons. The van der Waals surface area contributed by atoms with Crippen LogP contribution in [-0.2, 0) is 6.42 Å². The van der Waals surface area contributed by atoms with E-state index in [1.807, 2.05) is 25.1 Å². The Morgan fingerprint density at radius 3 is 2.35 bits per heavy atom. The monoisotopic (exact) mass is 358 g/mol. The van der Waals surface area contributed by atoms with Crippen molar-refractivity contribution in [2.45, 2.75) is 51.9 Å². The molecule has 1 saturated carbocycles. The van der Waals surface area contributed by atoms with E-state index in [2.05, 4.69) is 0 Å². The quantitative estimate of drug-likeness (QED) is 0.554. The molecule has 1 aliphatic carbocycles. The summed E-state index contributed by atoms with van der Waals surface area (Å²) in [5.41, 5.74) is 2.46. The summed E-state index contributed by atoms with van der Waals surface area (Å²) in [6.07, 6.45) is 8.33. The van der Waals surface area contributed by atoms with E-state index in [4.69, 9.17) is 0 Å². The van der Waals surface area contributed by atoms with Crippen molar-refractivity contribution in [3.05, 3.63) is 76.1 Å². The van der Waals surface area contributed by atoms with E-state index in [9.17, 15) is 13.2 Å². The van der Waals surface area contributed by atoms with Gasteiger partial charge in [0.2, 0.25) is 0 Å². The molecule has 0 nitrogen and oxygen atoms in total. The second kappa shape index (κ2) is 8.11. The molecule has 0 radical (unpaired) electrons. The number of aryl methyl sites for hydroxylation is 2. The molecule has 1 fully saturated rings. The Labute approximate surface area is 153 Å². The zero-order valence-corrected chi connectivity index (χ0v) is 15.4. The molecule has 3 rings (SSSR count). The van der Waals surface area contributed by atoms with Crippen molar-refractivity contribution in [2.24, 2.45) is 5.92 Å². The highest BCUT2D eigenvalue weighted by Gasteiger charge is 2.21. The molecule has 0 saturated heterocycles. The number of allylic oxidation sites excluding steroid dienone is 1. The summed E-state index contributed by atoms with van der Waals surface area (Å²) < 4.78 is 41.6. The Morgan fingerprint density at radius 2 is 1.69 bits per heavy atom. The minimum Gasteiger partial charge on any atom is -0.207 e. The number of hydrogen-bond acceptors (Lipinski definition) is 0. The molecule has 2 aromatic carbocycles. The Kier molecular flexibility index (Phi) is 5.85. The lowest BCUT2D eigenvalue weighted by molar-refractivity contribution is 0.376. The average Bonchev–Trinajstić information content (AvgIpc) is 2.66. The van der Waals surface area contributed by atoms with Crippen LogP contribution < -0.4 is 0 Å². The summed E-state index contributed by atoms with van der Waals surface area (Å²) >= 11 is 0. The Bertz CT molecular complexity index is 799. The highest BCUT2D eigenvalue weighted by Crippen LogP contribution is 2.37. The predicted molar refractivity (Wildman–Crippen MR) is 101 cm³/mol. The van der Waals surface area contributed by atoms with Crippen LogP contribution in [0.25, 0.3) is 6.08 Å². The van der Waals surface area contributed by atoms with Crippen LogP contribution in [0.15, 0.2) is 36.4 Å². The van der Waals surface area contributed by atoms with Gasteiger partial charge in [0.05, 0.1) is 0 Å². The van der Waals surface area contributed by atoms with Crippen LogP contribution in [0.1, 0.15) is 60.8 Å². The number of halogens is 3. The van der Waals surface area contributed by atoms with Crippen molar-refractivity contribution in [3.63, 3.8) is 0 Å². The van der Waals surface area contributed by atoms with Crippen LogP contribution >= 0.6 is 0 Å².